The van der Waals surface area contributed by atoms with Crippen molar-refractivity contribution in [1.29, 1.82) is 10.5 Å². The van der Waals surface area contributed by atoms with Crippen LogP contribution in [0.15, 0.2) is 0 Å². The van der Waals surface area contributed by atoms with Crippen molar-refractivity contribution in [3.63, 3.8) is 0 Å². The predicted octanol–water partition coefficient (Wildman–Crippen LogP) is 1.43. The van der Waals surface area contributed by atoms with E-state index in [4.69, 9.17) is 10.5 Å². The summed E-state index contributed by atoms with van der Waals surface area (Å²) < 4.78 is 0. The molecule has 0 bridgehead atoms. The molecular formula is C10H15N3. The van der Waals surface area contributed by atoms with Crippen LogP contribution in [-0.4, -0.2) is 12.6 Å². The van der Waals surface area contributed by atoms with Gasteiger partial charge >= 0.3 is 0 Å². The van der Waals surface area contributed by atoms with E-state index in [0.29, 0.717) is 18.5 Å². The van der Waals surface area contributed by atoms with E-state index in [1.165, 1.54) is 19.3 Å². The molecule has 0 aromatic heterocycles. The van der Waals surface area contributed by atoms with Crippen molar-refractivity contribution in [2.45, 2.75) is 32.2 Å². The molecule has 0 saturated heterocycles. The van der Waals surface area contributed by atoms with Gasteiger partial charge in [0.15, 0.2) is 0 Å². The maximum absolute atomic E-state index is 8.55. The van der Waals surface area contributed by atoms with Gasteiger partial charge in [-0.15, -0.1) is 0 Å². The highest BCUT2D eigenvalue weighted by Gasteiger charge is 2.23. The van der Waals surface area contributed by atoms with Crippen LogP contribution < -0.4 is 5.32 Å². The number of hydrogen-bond acceptors (Lipinski definition) is 3. The van der Waals surface area contributed by atoms with Gasteiger partial charge in [-0.05, 0) is 18.8 Å². The summed E-state index contributed by atoms with van der Waals surface area (Å²) in [4.78, 5) is 0. The molecule has 70 valence electrons. The number of hydrogen-bond donors (Lipinski definition) is 1. The van der Waals surface area contributed by atoms with E-state index in [-0.39, 0.29) is 0 Å². The minimum Gasteiger partial charge on any atom is -0.311 e. The fraction of sp³-hybridized carbons (Fsp3) is 0.800. The topological polar surface area (TPSA) is 59.6 Å². The molecule has 0 heterocycles. The molecule has 0 aromatic carbocycles. The molecule has 2 unspecified atom stereocenters. The van der Waals surface area contributed by atoms with Crippen LogP contribution in [0.2, 0.25) is 0 Å². The SMILES string of the molecule is CC1CCCC1NCC(C#N)C#N. The van der Waals surface area contributed by atoms with Crippen molar-refractivity contribution in [2.75, 3.05) is 6.54 Å². The van der Waals surface area contributed by atoms with Crippen molar-refractivity contribution in [1.82, 2.24) is 5.32 Å². The van der Waals surface area contributed by atoms with Gasteiger partial charge in [-0.25, -0.2) is 0 Å². The second-order valence-electron chi connectivity index (χ2n) is 3.73. The van der Waals surface area contributed by atoms with Crippen molar-refractivity contribution < 1.29 is 0 Å². The Hall–Kier alpha value is -1.06. The fourth-order valence-electron chi connectivity index (χ4n) is 1.84. The molecule has 0 amide bonds. The first-order valence-electron chi connectivity index (χ1n) is 4.80. The molecule has 2 atom stereocenters. The second-order valence-corrected chi connectivity index (χ2v) is 3.73. The van der Waals surface area contributed by atoms with Gasteiger partial charge in [-0.2, -0.15) is 10.5 Å². The maximum atomic E-state index is 8.55. The fourth-order valence-corrected chi connectivity index (χ4v) is 1.84. The molecule has 0 spiro atoms. The van der Waals surface area contributed by atoms with Gasteiger partial charge in [0.05, 0.1) is 12.1 Å². The molecule has 13 heavy (non-hydrogen) atoms. The normalized spacial score (nSPS) is 27.1. The highest BCUT2D eigenvalue weighted by Crippen LogP contribution is 2.24. The van der Waals surface area contributed by atoms with E-state index in [0.717, 1.165) is 0 Å². The third-order valence-corrected chi connectivity index (χ3v) is 2.76. The van der Waals surface area contributed by atoms with Crippen LogP contribution in [0, 0.1) is 34.5 Å². The van der Waals surface area contributed by atoms with Crippen LogP contribution in [0.4, 0.5) is 0 Å². The Bertz CT molecular complexity index is 222. The Labute approximate surface area is 79.4 Å². The highest BCUT2D eigenvalue weighted by atomic mass is 14.9. The first kappa shape index (κ1) is 10.0. The standard InChI is InChI=1S/C10H15N3/c1-8-3-2-4-10(8)13-7-9(5-11)6-12/h8-10,13H,2-4,7H2,1H3. The highest BCUT2D eigenvalue weighted by molar-refractivity contribution is 5.00. The van der Waals surface area contributed by atoms with Crippen molar-refractivity contribution in [3.8, 4) is 12.1 Å². The number of rotatable bonds is 3. The largest absolute Gasteiger partial charge is 0.311 e. The summed E-state index contributed by atoms with van der Waals surface area (Å²) in [6.07, 6.45) is 3.72. The quantitative estimate of drug-likeness (QED) is 0.709. The van der Waals surface area contributed by atoms with E-state index in [1.807, 2.05) is 12.1 Å². The Morgan fingerprint density at radius 1 is 1.38 bits per heavy atom. The molecule has 0 aliphatic heterocycles. The van der Waals surface area contributed by atoms with Gasteiger partial charge in [-0.3, -0.25) is 0 Å². The zero-order valence-corrected chi connectivity index (χ0v) is 7.95. The summed E-state index contributed by atoms with van der Waals surface area (Å²) in [6.45, 7) is 2.74. The van der Waals surface area contributed by atoms with E-state index in [2.05, 4.69) is 12.2 Å². The predicted molar refractivity (Wildman–Crippen MR) is 49.5 cm³/mol. The van der Waals surface area contributed by atoms with E-state index in [9.17, 15) is 0 Å². The lowest BCUT2D eigenvalue weighted by Gasteiger charge is -2.16. The van der Waals surface area contributed by atoms with Crippen LogP contribution >= 0.6 is 0 Å². The van der Waals surface area contributed by atoms with Crippen LogP contribution in [-0.2, 0) is 0 Å². The monoisotopic (exact) mass is 177 g/mol. The maximum Gasteiger partial charge on any atom is 0.145 e. The van der Waals surface area contributed by atoms with Crippen LogP contribution in [0.5, 0.6) is 0 Å². The zero-order chi connectivity index (χ0) is 9.68. The molecule has 1 fully saturated rings. The Morgan fingerprint density at radius 2 is 2.08 bits per heavy atom. The van der Waals surface area contributed by atoms with Crippen molar-refractivity contribution in [3.05, 3.63) is 0 Å². The summed E-state index contributed by atoms with van der Waals surface area (Å²) in [6, 6.07) is 4.45. The lowest BCUT2D eigenvalue weighted by molar-refractivity contribution is 0.421. The summed E-state index contributed by atoms with van der Waals surface area (Å²) in [5, 5.41) is 20.4. The molecule has 1 rings (SSSR count). The van der Waals surface area contributed by atoms with E-state index >= 15 is 0 Å². The minimum atomic E-state index is -0.493. The molecule has 1 aliphatic carbocycles. The molecule has 1 aliphatic rings. The Morgan fingerprint density at radius 3 is 2.54 bits per heavy atom. The Kier molecular flexibility index (Phi) is 3.73. The van der Waals surface area contributed by atoms with Crippen LogP contribution in [0.1, 0.15) is 26.2 Å². The minimum absolute atomic E-state index is 0.493. The summed E-state index contributed by atoms with van der Waals surface area (Å²) in [5.41, 5.74) is 0. The van der Waals surface area contributed by atoms with Gasteiger partial charge in [-0.1, -0.05) is 13.3 Å². The van der Waals surface area contributed by atoms with Crippen molar-refractivity contribution in [2.24, 2.45) is 11.8 Å². The van der Waals surface area contributed by atoms with Gasteiger partial charge in [0.1, 0.15) is 5.92 Å². The van der Waals surface area contributed by atoms with Gasteiger partial charge < -0.3 is 5.32 Å². The lowest BCUT2D eigenvalue weighted by atomic mass is 10.1. The molecule has 0 aromatic rings. The first-order chi connectivity index (χ1) is 6.27. The first-order valence-corrected chi connectivity index (χ1v) is 4.80. The van der Waals surface area contributed by atoms with E-state index in [1.54, 1.807) is 0 Å². The zero-order valence-electron chi connectivity index (χ0n) is 7.95. The smallest absolute Gasteiger partial charge is 0.145 e. The van der Waals surface area contributed by atoms with Gasteiger partial charge in [0.25, 0.3) is 0 Å². The van der Waals surface area contributed by atoms with Gasteiger partial charge in [0.2, 0.25) is 0 Å². The number of nitrogens with zero attached hydrogens (tertiary/aromatic N) is 2. The van der Waals surface area contributed by atoms with Crippen molar-refractivity contribution >= 4 is 0 Å². The summed E-state index contributed by atoms with van der Waals surface area (Å²) in [7, 11) is 0. The second kappa shape index (κ2) is 4.84. The third-order valence-electron chi connectivity index (χ3n) is 2.76. The lowest BCUT2D eigenvalue weighted by Crippen LogP contribution is -2.34. The van der Waals surface area contributed by atoms with E-state index < -0.39 is 5.92 Å². The summed E-state index contributed by atoms with van der Waals surface area (Å²) >= 11 is 0. The third kappa shape index (κ3) is 2.72. The summed E-state index contributed by atoms with van der Waals surface area (Å²) in [5.74, 6) is 0.200. The van der Waals surface area contributed by atoms with Gasteiger partial charge in [0, 0.05) is 12.6 Å². The number of nitrogens with one attached hydrogen (secondary N) is 1. The molecular weight excluding hydrogens is 162 g/mol. The van der Waals surface area contributed by atoms with Crippen LogP contribution in [0.3, 0.4) is 0 Å². The molecule has 3 nitrogen and oxygen atoms in total. The molecule has 0 radical (unpaired) electrons. The van der Waals surface area contributed by atoms with Crippen LogP contribution in [0.25, 0.3) is 0 Å². The Balaban J connectivity index is 2.27. The average molecular weight is 177 g/mol. The number of nitriles is 2. The average Bonchev–Trinajstić information content (AvgIpc) is 2.54. The molecule has 1 saturated carbocycles. The molecule has 3 heteroatoms. The molecule has 1 N–H and O–H groups in total.